The highest BCUT2D eigenvalue weighted by Gasteiger charge is 2.53. The van der Waals surface area contributed by atoms with Gasteiger partial charge in [-0.25, -0.2) is 0 Å². The van der Waals surface area contributed by atoms with Gasteiger partial charge in [0, 0.05) is 13.5 Å². The molecule has 5 unspecified atom stereocenters. The fourth-order valence-electron chi connectivity index (χ4n) is 5.10. The minimum absolute atomic E-state index is 0.0436. The number of fused-ring (bicyclic) bond motifs is 1. The van der Waals surface area contributed by atoms with Crippen molar-refractivity contribution < 1.29 is 63.9 Å². The smallest absolute Gasteiger partial charge is 0.203 e. The third-order valence-electron chi connectivity index (χ3n) is 7.06. The zero-order valence-electron chi connectivity index (χ0n) is 20.5. The summed E-state index contributed by atoms with van der Waals surface area (Å²) in [4.78, 5) is 13.5. The summed E-state index contributed by atoms with van der Waals surface area (Å²) in [6, 6.07) is 2.82. The maximum Gasteiger partial charge on any atom is 0.203 e. The van der Waals surface area contributed by atoms with Gasteiger partial charge in [0.2, 0.25) is 5.75 Å². The summed E-state index contributed by atoms with van der Waals surface area (Å²) in [5.74, 6) is -1.46. The van der Waals surface area contributed by atoms with Gasteiger partial charge in [0.15, 0.2) is 23.6 Å². The molecule has 0 radical (unpaired) electrons. The lowest BCUT2D eigenvalue weighted by molar-refractivity contribution is -0.326. The number of aromatic hydroxyl groups is 1. The Kier molecular flexibility index (Phi) is 8.26. The van der Waals surface area contributed by atoms with E-state index in [1.165, 1.54) is 39.7 Å². The molecule has 13 heteroatoms. The van der Waals surface area contributed by atoms with Crippen LogP contribution in [0.5, 0.6) is 17.2 Å². The number of allylic oxidation sites excluding steroid dienone is 1. The molecule has 0 amide bonds. The molecular weight excluding hydrogens is 496 g/mol. The number of phenolic OH excluding ortho intramolecular Hbond substituents is 1. The fraction of sp³-hybridized carbons (Fsp3) is 0.625. The van der Waals surface area contributed by atoms with Crippen molar-refractivity contribution in [2.24, 2.45) is 5.92 Å². The Morgan fingerprint density at radius 2 is 1.73 bits per heavy atom. The van der Waals surface area contributed by atoms with E-state index in [1.807, 2.05) is 0 Å². The van der Waals surface area contributed by atoms with Crippen molar-refractivity contribution in [3.8, 4) is 17.2 Å². The van der Waals surface area contributed by atoms with Crippen LogP contribution in [0.15, 0.2) is 18.4 Å². The third-order valence-corrected chi connectivity index (χ3v) is 7.06. The summed E-state index contributed by atoms with van der Waals surface area (Å²) < 4.78 is 32.8. The Morgan fingerprint density at radius 1 is 1.00 bits per heavy atom. The number of hydrogen-bond donors (Lipinski definition) is 6. The quantitative estimate of drug-likeness (QED) is 0.235. The number of benzene rings is 1. The van der Waals surface area contributed by atoms with Gasteiger partial charge in [-0.3, -0.25) is 4.79 Å². The van der Waals surface area contributed by atoms with Gasteiger partial charge in [-0.15, -0.1) is 0 Å². The van der Waals surface area contributed by atoms with Crippen molar-refractivity contribution in [3.05, 3.63) is 24.0 Å². The highest BCUT2D eigenvalue weighted by Crippen LogP contribution is 2.43. The van der Waals surface area contributed by atoms with E-state index >= 15 is 0 Å². The van der Waals surface area contributed by atoms with E-state index in [9.17, 15) is 35.4 Å². The molecule has 10 atom stereocenters. The van der Waals surface area contributed by atoms with Crippen LogP contribution >= 0.6 is 0 Å². The van der Waals surface area contributed by atoms with Gasteiger partial charge >= 0.3 is 0 Å². The summed E-state index contributed by atoms with van der Waals surface area (Å²) in [5, 5.41) is 61.3. The second kappa shape index (κ2) is 11.1. The number of ketones is 1. The Labute approximate surface area is 212 Å². The second-order valence-corrected chi connectivity index (χ2v) is 9.13. The number of rotatable bonds is 7. The predicted octanol–water partition coefficient (Wildman–Crippen LogP) is -1.70. The van der Waals surface area contributed by atoms with Gasteiger partial charge in [-0.05, 0) is 17.7 Å². The van der Waals surface area contributed by atoms with Crippen molar-refractivity contribution in [3.63, 3.8) is 0 Å². The Bertz CT molecular complexity index is 1010. The van der Waals surface area contributed by atoms with Crippen LogP contribution in [0, 0.1) is 5.92 Å². The largest absolute Gasteiger partial charge is 0.504 e. The number of methoxy groups -OCH3 is 3. The zero-order chi connectivity index (χ0) is 27.0. The first-order chi connectivity index (χ1) is 17.7. The number of ether oxygens (including phenoxy) is 6. The molecule has 2 fully saturated rings. The van der Waals surface area contributed by atoms with Gasteiger partial charge in [0.1, 0.15) is 36.6 Å². The van der Waals surface area contributed by atoms with Crippen LogP contribution in [0.1, 0.15) is 12.0 Å². The van der Waals surface area contributed by atoms with E-state index in [0.29, 0.717) is 5.56 Å². The number of aliphatic hydroxyl groups excluding tert-OH is 5. The number of aliphatic hydroxyl groups is 5. The van der Waals surface area contributed by atoms with Gasteiger partial charge in [-0.2, -0.15) is 0 Å². The van der Waals surface area contributed by atoms with E-state index in [-0.39, 0.29) is 29.2 Å². The lowest BCUT2D eigenvalue weighted by atomic mass is 9.74. The average Bonchev–Trinajstić information content (AvgIpc) is 2.88. The minimum Gasteiger partial charge on any atom is -0.504 e. The van der Waals surface area contributed by atoms with E-state index in [2.05, 4.69) is 0 Å². The number of Topliss-reactive ketones (excluding diaryl/α,β-unsaturated/α-hetero) is 1. The van der Waals surface area contributed by atoms with Crippen molar-refractivity contribution in [1.82, 2.24) is 0 Å². The Hall–Kier alpha value is -2.49. The maximum atomic E-state index is 13.5. The SMILES string of the molecule is COc1cc(C2=COC3CC(O[C@@H]4O[C@H](CO)[C@@H](O)[C@H](O)[C@H]4O)C(OC)C(O)C3C2=O)cc(O)c1OC. The fourth-order valence-corrected chi connectivity index (χ4v) is 5.10. The van der Waals surface area contributed by atoms with Crippen LogP contribution in [-0.2, 0) is 23.7 Å². The number of carbonyl (C=O) groups excluding carboxylic acids is 1. The predicted molar refractivity (Wildman–Crippen MR) is 123 cm³/mol. The minimum atomic E-state index is -1.65. The second-order valence-electron chi connectivity index (χ2n) is 9.13. The number of hydrogen-bond acceptors (Lipinski definition) is 13. The molecule has 13 nitrogen and oxygen atoms in total. The normalized spacial score (nSPS) is 37.8. The highest BCUT2D eigenvalue weighted by molar-refractivity contribution is 6.22. The molecule has 206 valence electrons. The molecule has 2 aliphatic heterocycles. The molecular formula is C24H32O13. The molecule has 3 aliphatic rings. The van der Waals surface area contributed by atoms with Gasteiger partial charge < -0.3 is 59.1 Å². The average molecular weight is 529 g/mol. The summed E-state index contributed by atoms with van der Waals surface area (Å²) >= 11 is 0. The molecule has 0 spiro atoms. The van der Waals surface area contributed by atoms with E-state index in [0.717, 1.165) is 0 Å². The van der Waals surface area contributed by atoms with Crippen LogP contribution in [0.2, 0.25) is 0 Å². The first-order valence-electron chi connectivity index (χ1n) is 11.7. The molecule has 2 heterocycles. The maximum absolute atomic E-state index is 13.5. The zero-order valence-corrected chi connectivity index (χ0v) is 20.5. The van der Waals surface area contributed by atoms with Crippen molar-refractivity contribution in [2.75, 3.05) is 27.9 Å². The van der Waals surface area contributed by atoms with Gasteiger partial charge in [-0.1, -0.05) is 0 Å². The van der Waals surface area contributed by atoms with Crippen molar-refractivity contribution in [1.29, 1.82) is 0 Å². The molecule has 1 aromatic carbocycles. The first-order valence-corrected chi connectivity index (χ1v) is 11.7. The summed E-state index contributed by atoms with van der Waals surface area (Å²) in [6.07, 6.45) is -10.4. The van der Waals surface area contributed by atoms with Crippen molar-refractivity contribution in [2.45, 2.75) is 61.5 Å². The molecule has 1 saturated carbocycles. The molecule has 1 saturated heterocycles. The number of carbonyl (C=O) groups is 1. The van der Waals surface area contributed by atoms with E-state index in [4.69, 9.17) is 28.4 Å². The van der Waals surface area contributed by atoms with Gasteiger partial charge in [0.05, 0.1) is 50.8 Å². The van der Waals surface area contributed by atoms with Crippen LogP contribution < -0.4 is 9.47 Å². The lowest BCUT2D eigenvalue weighted by Crippen LogP contribution is -2.63. The van der Waals surface area contributed by atoms with Crippen LogP contribution in [0.4, 0.5) is 0 Å². The molecule has 0 bridgehead atoms. The third kappa shape index (κ3) is 4.89. The van der Waals surface area contributed by atoms with Crippen LogP contribution in [-0.4, -0.2) is 119 Å². The summed E-state index contributed by atoms with van der Waals surface area (Å²) in [6.45, 7) is -0.632. The van der Waals surface area contributed by atoms with E-state index < -0.39 is 73.4 Å². The number of phenols is 1. The topological polar surface area (TPSA) is 194 Å². The standard InChI is InChI=1S/C24H32O13/c1-32-13-5-9(4-11(26)22(13)33-2)10-8-35-12-6-14(23(34-3)19(29)16(12)17(10)27)36-24-21(31)20(30)18(28)15(7-25)37-24/h4-5,8,12,14-16,18-21,23-26,28-31H,6-7H2,1-3H3/t12?,14?,15-,16?,18-,19?,20+,21-,23?,24-/m1/s1. The summed E-state index contributed by atoms with van der Waals surface area (Å²) in [5.41, 5.74) is 0.388. The van der Waals surface area contributed by atoms with Crippen molar-refractivity contribution >= 4 is 11.4 Å². The van der Waals surface area contributed by atoms with E-state index in [1.54, 1.807) is 0 Å². The molecule has 4 rings (SSSR count). The lowest BCUT2D eigenvalue weighted by Gasteiger charge is -2.47. The molecule has 37 heavy (non-hydrogen) atoms. The molecule has 0 aromatic heterocycles. The Balaban J connectivity index is 1.57. The molecule has 1 aliphatic carbocycles. The Morgan fingerprint density at radius 3 is 2.35 bits per heavy atom. The first kappa shape index (κ1) is 27.5. The molecule has 6 N–H and O–H groups in total. The van der Waals surface area contributed by atoms with Crippen LogP contribution in [0.3, 0.4) is 0 Å². The van der Waals surface area contributed by atoms with Crippen LogP contribution in [0.25, 0.3) is 5.57 Å². The summed E-state index contributed by atoms with van der Waals surface area (Å²) in [7, 11) is 4.06. The van der Waals surface area contributed by atoms with Gasteiger partial charge in [0.25, 0.3) is 0 Å². The molecule has 1 aromatic rings. The monoisotopic (exact) mass is 528 g/mol. The highest BCUT2D eigenvalue weighted by atomic mass is 16.7.